The van der Waals surface area contributed by atoms with E-state index in [0.29, 0.717) is 11.5 Å². The quantitative estimate of drug-likeness (QED) is 0.128. The van der Waals surface area contributed by atoms with Crippen LogP contribution in [0.25, 0.3) is 38.8 Å². The van der Waals surface area contributed by atoms with Crippen molar-refractivity contribution in [2.75, 3.05) is 9.80 Å². The van der Waals surface area contributed by atoms with Crippen molar-refractivity contribution in [2.24, 2.45) is 5.41 Å². The van der Waals surface area contributed by atoms with Gasteiger partial charge >= 0.3 is 0 Å². The van der Waals surface area contributed by atoms with E-state index >= 15 is 0 Å². The molecule has 1 aliphatic heterocycles. The first-order valence-corrected chi connectivity index (χ1v) is 24.1. The Morgan fingerprint density at radius 1 is 0.529 bits per heavy atom. The van der Waals surface area contributed by atoms with Crippen LogP contribution >= 0.6 is 0 Å². The number of fused-ring (bicyclic) bond motifs is 3. The Kier molecular flexibility index (Phi) is 12.8. The van der Waals surface area contributed by atoms with E-state index in [-0.39, 0.29) is 37.3 Å². The monoisotopic (exact) mass is 1100 g/mol. The third-order valence-electron chi connectivity index (χ3n) is 14.0. The normalized spacial score (nSPS) is 13.4. The first kappa shape index (κ1) is 48.3. The fourth-order valence-electron chi connectivity index (χ4n) is 9.80. The molecule has 6 heteroatoms. The van der Waals surface area contributed by atoms with E-state index in [1.54, 1.807) is 0 Å². The van der Waals surface area contributed by atoms with Crippen molar-refractivity contribution in [3.05, 3.63) is 235 Å². The molecular formula is C64H61N4OPt-3. The summed E-state index contributed by atoms with van der Waals surface area (Å²) in [7, 11) is 0. The maximum absolute atomic E-state index is 7.18. The summed E-state index contributed by atoms with van der Waals surface area (Å²) in [4.78, 5) is 9.61. The van der Waals surface area contributed by atoms with Gasteiger partial charge in [0.05, 0.1) is 0 Å². The van der Waals surface area contributed by atoms with Gasteiger partial charge in [-0.1, -0.05) is 201 Å². The third-order valence-corrected chi connectivity index (χ3v) is 14.0. The summed E-state index contributed by atoms with van der Waals surface area (Å²) in [6.07, 6.45) is 4.18. The van der Waals surface area contributed by atoms with E-state index in [1.165, 1.54) is 28.0 Å². The molecule has 0 saturated heterocycles. The standard InChI is InChI=1S/C64H61N4O.Pt/c1-61(2,3)48-29-22-30-50(37-48)67-43-66(42-58(67)62(4,5)6)51-35-45(44-23-14-11-15-24-44)36-52(39-51)69-53-40-55(64(9,10)47-27-18-13-19-28-47)60-54-31-20-21-32-56(54)68(57(60)41-53)59-38-49(33-34-65-59)63(7,8)46-25-16-12-17-26-46;/h11-38,40,42-43H,1-10H3;/q-3;. The number of allylic oxidation sites excluding steroid dienone is 1. The van der Waals surface area contributed by atoms with Gasteiger partial charge in [-0.05, 0) is 80.6 Å². The van der Waals surface area contributed by atoms with Crippen LogP contribution in [0, 0.1) is 24.2 Å². The molecule has 0 unspecified atom stereocenters. The number of nitrogens with zero attached hydrogens (tertiary/aromatic N) is 4. The molecule has 70 heavy (non-hydrogen) atoms. The minimum Gasteiger partial charge on any atom is -0.509 e. The summed E-state index contributed by atoms with van der Waals surface area (Å²) in [5.74, 6) is 2.00. The van der Waals surface area contributed by atoms with Crippen LogP contribution in [0.3, 0.4) is 0 Å². The van der Waals surface area contributed by atoms with E-state index in [4.69, 9.17) is 9.72 Å². The van der Waals surface area contributed by atoms with Crippen molar-refractivity contribution < 1.29 is 25.8 Å². The van der Waals surface area contributed by atoms with Gasteiger partial charge in [0, 0.05) is 66.5 Å². The van der Waals surface area contributed by atoms with Gasteiger partial charge in [0.15, 0.2) is 0 Å². The summed E-state index contributed by atoms with van der Waals surface area (Å²) in [6.45, 7) is 25.0. The minimum absolute atomic E-state index is 0. The molecule has 2 aromatic heterocycles. The number of para-hydroxylation sites is 1. The number of anilines is 2. The van der Waals surface area contributed by atoms with Gasteiger partial charge in [0.1, 0.15) is 5.82 Å². The smallest absolute Gasteiger partial charge is 0.135 e. The topological polar surface area (TPSA) is 33.5 Å². The van der Waals surface area contributed by atoms with Crippen molar-refractivity contribution in [1.82, 2.24) is 9.55 Å². The molecule has 0 radical (unpaired) electrons. The SMILES string of the molecule is CC(C)(C)C1=CN(c2[c-]c(Oc3[c-]c4c(c(C(C)(C)c5ccccc5)c3)c3ccccc3n4-c3cc(C(C)(C)c4ccccc4)ccn3)cc(-c3ccccc3)c2)[CH-]N1c1cccc(C(C)(C)C)c1.[Pt]. The van der Waals surface area contributed by atoms with Gasteiger partial charge in [0.2, 0.25) is 0 Å². The Hall–Kier alpha value is -6.68. The number of pyridine rings is 1. The molecule has 0 amide bonds. The second kappa shape index (κ2) is 18.6. The summed E-state index contributed by atoms with van der Waals surface area (Å²) in [6, 6.07) is 68.0. The summed E-state index contributed by atoms with van der Waals surface area (Å²) in [5, 5.41) is 2.25. The second-order valence-electron chi connectivity index (χ2n) is 21.6. The molecular weight excluding hydrogens is 1040 g/mol. The predicted octanol–water partition coefficient (Wildman–Crippen LogP) is 16.5. The molecule has 0 fully saturated rings. The van der Waals surface area contributed by atoms with Crippen LogP contribution in [-0.4, -0.2) is 9.55 Å². The van der Waals surface area contributed by atoms with Crippen molar-refractivity contribution in [1.29, 1.82) is 0 Å². The fourth-order valence-corrected chi connectivity index (χ4v) is 9.80. The first-order chi connectivity index (χ1) is 33.0. The summed E-state index contributed by atoms with van der Waals surface area (Å²) < 4.78 is 9.45. The molecule has 0 spiro atoms. The number of hydrogen-bond donors (Lipinski definition) is 0. The zero-order valence-electron chi connectivity index (χ0n) is 41.9. The molecule has 356 valence electrons. The zero-order chi connectivity index (χ0) is 48.3. The molecule has 3 heterocycles. The van der Waals surface area contributed by atoms with Gasteiger partial charge in [-0.25, -0.2) is 4.98 Å². The number of benzene rings is 7. The van der Waals surface area contributed by atoms with Gasteiger partial charge < -0.3 is 19.1 Å². The molecule has 7 aromatic carbocycles. The number of ether oxygens (including phenoxy) is 1. The third kappa shape index (κ3) is 9.13. The molecule has 1 aliphatic rings. The van der Waals surface area contributed by atoms with E-state index < -0.39 is 5.41 Å². The molecule has 5 nitrogen and oxygen atoms in total. The van der Waals surface area contributed by atoms with Crippen molar-refractivity contribution in [3.63, 3.8) is 0 Å². The fraction of sp³-hybridized carbons (Fsp3) is 0.219. The largest absolute Gasteiger partial charge is 0.509 e. The van der Waals surface area contributed by atoms with Crippen LogP contribution in [0.1, 0.15) is 97.1 Å². The van der Waals surface area contributed by atoms with Gasteiger partial charge in [-0.2, -0.15) is 0 Å². The van der Waals surface area contributed by atoms with Crippen LogP contribution in [0.15, 0.2) is 188 Å². The van der Waals surface area contributed by atoms with Gasteiger partial charge in [-0.15, -0.1) is 53.8 Å². The van der Waals surface area contributed by atoms with Crippen LogP contribution in [0.4, 0.5) is 11.4 Å². The zero-order valence-corrected chi connectivity index (χ0v) is 44.2. The summed E-state index contributed by atoms with van der Waals surface area (Å²) >= 11 is 0. The molecule has 0 aliphatic carbocycles. The van der Waals surface area contributed by atoms with Gasteiger partial charge in [0.25, 0.3) is 0 Å². The maximum atomic E-state index is 7.18. The minimum atomic E-state index is -0.431. The Morgan fingerprint density at radius 3 is 1.81 bits per heavy atom. The predicted molar refractivity (Wildman–Crippen MR) is 287 cm³/mol. The Morgan fingerprint density at radius 2 is 1.14 bits per heavy atom. The van der Waals surface area contributed by atoms with Crippen LogP contribution < -0.4 is 14.5 Å². The van der Waals surface area contributed by atoms with Gasteiger partial charge in [-0.3, -0.25) is 0 Å². The van der Waals surface area contributed by atoms with Crippen LogP contribution in [-0.2, 0) is 37.3 Å². The Balaban J connectivity index is 0.00000608. The Labute approximate surface area is 429 Å². The van der Waals surface area contributed by atoms with E-state index in [0.717, 1.165) is 55.7 Å². The molecule has 0 atom stereocenters. The van der Waals surface area contributed by atoms with E-state index in [2.05, 4.69) is 278 Å². The summed E-state index contributed by atoms with van der Waals surface area (Å²) in [5.41, 5.74) is 12.4. The molecule has 9 aromatic rings. The Bertz CT molecular complexity index is 3360. The number of hydrogen-bond acceptors (Lipinski definition) is 4. The van der Waals surface area contributed by atoms with Crippen LogP contribution in [0.2, 0.25) is 0 Å². The molecule has 0 N–H and O–H groups in total. The van der Waals surface area contributed by atoms with Crippen molar-refractivity contribution >= 4 is 33.2 Å². The molecule has 0 bridgehead atoms. The maximum Gasteiger partial charge on any atom is 0.135 e. The van der Waals surface area contributed by atoms with E-state index in [9.17, 15) is 0 Å². The van der Waals surface area contributed by atoms with E-state index in [1.807, 2.05) is 6.20 Å². The first-order valence-electron chi connectivity index (χ1n) is 24.1. The van der Waals surface area contributed by atoms with Crippen molar-refractivity contribution in [2.45, 2.75) is 85.5 Å². The second-order valence-corrected chi connectivity index (χ2v) is 21.6. The average Bonchev–Trinajstić information content (AvgIpc) is 3.96. The molecule has 0 saturated carbocycles. The number of aromatic nitrogens is 2. The van der Waals surface area contributed by atoms with Crippen LogP contribution in [0.5, 0.6) is 11.5 Å². The van der Waals surface area contributed by atoms with Crippen molar-refractivity contribution in [3.8, 4) is 28.4 Å². The average molecular weight is 1100 g/mol. The number of rotatable bonds is 10. The molecule has 10 rings (SSSR count).